The molecule has 6 nitrogen and oxygen atoms in total. The second-order valence-corrected chi connectivity index (χ2v) is 5.06. The van der Waals surface area contributed by atoms with E-state index in [1.165, 1.54) is 4.90 Å². The maximum atomic E-state index is 12.6. The molecule has 0 fully saturated rings. The first-order valence-corrected chi connectivity index (χ1v) is 7.33. The quantitative estimate of drug-likeness (QED) is 0.568. The van der Waals surface area contributed by atoms with E-state index >= 15 is 0 Å². The molecule has 6 heteroatoms. The van der Waals surface area contributed by atoms with E-state index in [1.54, 1.807) is 13.0 Å². The molecular weight excluding hydrogens is 274 g/mol. The second-order valence-electron chi connectivity index (χ2n) is 5.06. The van der Waals surface area contributed by atoms with Gasteiger partial charge in [-0.2, -0.15) is 0 Å². The normalized spacial score (nSPS) is 20.9. The van der Waals surface area contributed by atoms with Crippen LogP contribution in [0.25, 0.3) is 0 Å². The van der Waals surface area contributed by atoms with Crippen molar-refractivity contribution in [3.8, 4) is 0 Å². The molecule has 0 aromatic carbocycles. The van der Waals surface area contributed by atoms with Crippen LogP contribution in [0.4, 0.5) is 0 Å². The molecule has 0 saturated carbocycles. The number of carbonyl (C=O) groups is 3. The zero-order valence-electron chi connectivity index (χ0n) is 12.6. The number of aliphatic carboxylic acids is 1. The van der Waals surface area contributed by atoms with Gasteiger partial charge in [-0.15, -0.1) is 0 Å². The first kappa shape index (κ1) is 17.2. The van der Waals surface area contributed by atoms with Gasteiger partial charge < -0.3 is 14.7 Å². The van der Waals surface area contributed by atoms with Crippen molar-refractivity contribution in [2.24, 2.45) is 11.8 Å². The van der Waals surface area contributed by atoms with Gasteiger partial charge in [0.2, 0.25) is 5.91 Å². The first-order chi connectivity index (χ1) is 10.0. The van der Waals surface area contributed by atoms with Gasteiger partial charge >= 0.3 is 11.9 Å². The van der Waals surface area contributed by atoms with Crippen LogP contribution in [0, 0.1) is 11.8 Å². The van der Waals surface area contributed by atoms with Gasteiger partial charge in [0.05, 0.1) is 18.4 Å². The molecule has 0 heterocycles. The van der Waals surface area contributed by atoms with Crippen LogP contribution in [0.2, 0.25) is 0 Å². The summed E-state index contributed by atoms with van der Waals surface area (Å²) < 4.78 is 4.87. The summed E-state index contributed by atoms with van der Waals surface area (Å²) in [5.74, 6) is -3.03. The van der Waals surface area contributed by atoms with Crippen molar-refractivity contribution in [2.75, 3.05) is 19.7 Å². The number of rotatable bonds is 7. The van der Waals surface area contributed by atoms with Crippen molar-refractivity contribution in [3.05, 3.63) is 12.2 Å². The van der Waals surface area contributed by atoms with Crippen molar-refractivity contribution < 1.29 is 24.2 Å². The molecule has 118 valence electrons. The zero-order chi connectivity index (χ0) is 15.8. The number of amides is 1. The lowest BCUT2D eigenvalue weighted by atomic mass is 9.82. The van der Waals surface area contributed by atoms with Crippen LogP contribution < -0.4 is 0 Å². The Labute approximate surface area is 124 Å². The fourth-order valence-corrected chi connectivity index (χ4v) is 2.49. The molecule has 0 bridgehead atoms. The lowest BCUT2D eigenvalue weighted by Crippen LogP contribution is -2.44. The predicted molar refractivity (Wildman–Crippen MR) is 76.5 cm³/mol. The van der Waals surface area contributed by atoms with Gasteiger partial charge in [0.15, 0.2) is 0 Å². The van der Waals surface area contributed by atoms with Crippen molar-refractivity contribution in [1.29, 1.82) is 0 Å². The van der Waals surface area contributed by atoms with Gasteiger partial charge in [-0.3, -0.25) is 14.4 Å². The molecule has 1 amide bonds. The van der Waals surface area contributed by atoms with Crippen LogP contribution in [-0.4, -0.2) is 47.5 Å². The van der Waals surface area contributed by atoms with E-state index in [2.05, 4.69) is 0 Å². The predicted octanol–water partition coefficient (Wildman–Crippen LogP) is 1.46. The van der Waals surface area contributed by atoms with Crippen LogP contribution >= 0.6 is 0 Å². The summed E-state index contributed by atoms with van der Waals surface area (Å²) in [7, 11) is 0. The van der Waals surface area contributed by atoms with Crippen molar-refractivity contribution in [2.45, 2.75) is 33.1 Å². The number of ether oxygens (including phenoxy) is 1. The Morgan fingerprint density at radius 2 is 1.81 bits per heavy atom. The number of hydrogen-bond acceptors (Lipinski definition) is 4. The molecule has 1 N–H and O–H groups in total. The highest BCUT2D eigenvalue weighted by Crippen LogP contribution is 2.27. The number of carboxylic acids is 1. The minimum absolute atomic E-state index is 0.118. The fraction of sp³-hybridized carbons (Fsp3) is 0.667. The summed E-state index contributed by atoms with van der Waals surface area (Å²) in [6.45, 7) is 4.17. The highest BCUT2D eigenvalue weighted by Gasteiger charge is 2.36. The Kier molecular flexibility index (Phi) is 6.91. The van der Waals surface area contributed by atoms with Gasteiger partial charge in [0.1, 0.15) is 6.54 Å². The summed E-state index contributed by atoms with van der Waals surface area (Å²) >= 11 is 0. The Balaban J connectivity index is 2.80. The van der Waals surface area contributed by atoms with Gasteiger partial charge in [0.25, 0.3) is 0 Å². The van der Waals surface area contributed by atoms with Crippen LogP contribution in [0.5, 0.6) is 0 Å². The van der Waals surface area contributed by atoms with E-state index in [0.29, 0.717) is 25.8 Å². The molecule has 0 radical (unpaired) electrons. The van der Waals surface area contributed by atoms with E-state index in [9.17, 15) is 19.5 Å². The summed E-state index contributed by atoms with van der Waals surface area (Å²) in [5.41, 5.74) is 0. The standard InChI is InChI=1S/C15H23NO5/c1-3-9-16(10-13(17)21-4-2)14(18)11-7-5-6-8-12(11)15(19)20/h5-6,11-12H,3-4,7-10H2,1-2H3,(H,19,20). The third-order valence-corrected chi connectivity index (χ3v) is 3.50. The fourth-order valence-electron chi connectivity index (χ4n) is 2.49. The van der Waals surface area contributed by atoms with E-state index in [-0.39, 0.29) is 19.1 Å². The molecule has 0 saturated heterocycles. The van der Waals surface area contributed by atoms with E-state index < -0.39 is 23.8 Å². The molecule has 21 heavy (non-hydrogen) atoms. The van der Waals surface area contributed by atoms with E-state index in [1.807, 2.05) is 13.0 Å². The highest BCUT2D eigenvalue weighted by atomic mass is 16.5. The van der Waals surface area contributed by atoms with Gasteiger partial charge in [-0.25, -0.2) is 0 Å². The summed E-state index contributed by atoms with van der Waals surface area (Å²) in [6.07, 6.45) is 5.07. The molecule has 2 unspecified atom stereocenters. The Hall–Kier alpha value is -1.85. The number of carbonyl (C=O) groups excluding carboxylic acids is 2. The topological polar surface area (TPSA) is 83.9 Å². The molecular formula is C15H23NO5. The van der Waals surface area contributed by atoms with Crippen LogP contribution in [0.1, 0.15) is 33.1 Å². The maximum absolute atomic E-state index is 12.6. The van der Waals surface area contributed by atoms with Crippen molar-refractivity contribution >= 4 is 17.8 Å². The van der Waals surface area contributed by atoms with Gasteiger partial charge in [-0.1, -0.05) is 19.1 Å². The van der Waals surface area contributed by atoms with E-state index in [0.717, 1.165) is 0 Å². The number of nitrogens with zero attached hydrogens (tertiary/aromatic N) is 1. The average molecular weight is 297 g/mol. The van der Waals surface area contributed by atoms with Crippen molar-refractivity contribution in [3.63, 3.8) is 0 Å². The smallest absolute Gasteiger partial charge is 0.325 e. The molecule has 1 aliphatic carbocycles. The summed E-state index contributed by atoms with van der Waals surface area (Å²) in [4.78, 5) is 36.8. The monoisotopic (exact) mass is 297 g/mol. The Morgan fingerprint density at radius 1 is 1.19 bits per heavy atom. The van der Waals surface area contributed by atoms with Gasteiger partial charge in [-0.05, 0) is 26.2 Å². The minimum Gasteiger partial charge on any atom is -0.481 e. The van der Waals surface area contributed by atoms with Crippen molar-refractivity contribution in [1.82, 2.24) is 4.90 Å². The van der Waals surface area contributed by atoms with Crippen LogP contribution in [0.3, 0.4) is 0 Å². The summed E-state index contributed by atoms with van der Waals surface area (Å²) in [5, 5.41) is 9.24. The van der Waals surface area contributed by atoms with Gasteiger partial charge in [0, 0.05) is 6.54 Å². The second kappa shape index (κ2) is 8.44. The number of esters is 1. The SMILES string of the molecule is CCCN(CC(=O)OCC)C(=O)C1CC=CCC1C(=O)O. The lowest BCUT2D eigenvalue weighted by molar-refractivity contribution is -0.154. The largest absolute Gasteiger partial charge is 0.481 e. The van der Waals surface area contributed by atoms with E-state index in [4.69, 9.17) is 4.74 Å². The zero-order valence-corrected chi connectivity index (χ0v) is 12.6. The third-order valence-electron chi connectivity index (χ3n) is 3.50. The molecule has 1 aliphatic rings. The Bertz CT molecular complexity index is 418. The number of hydrogen-bond donors (Lipinski definition) is 1. The van der Waals surface area contributed by atoms with Crippen LogP contribution in [0.15, 0.2) is 12.2 Å². The minimum atomic E-state index is -0.967. The average Bonchev–Trinajstić information content (AvgIpc) is 2.46. The molecule has 0 aromatic heterocycles. The lowest BCUT2D eigenvalue weighted by Gasteiger charge is -2.30. The Morgan fingerprint density at radius 3 is 2.33 bits per heavy atom. The maximum Gasteiger partial charge on any atom is 0.325 e. The number of carboxylic acid groups (broad SMARTS) is 1. The third kappa shape index (κ3) is 4.88. The molecule has 0 aliphatic heterocycles. The number of allylic oxidation sites excluding steroid dienone is 2. The highest BCUT2D eigenvalue weighted by molar-refractivity contribution is 5.87. The first-order valence-electron chi connectivity index (χ1n) is 7.33. The summed E-state index contributed by atoms with van der Waals surface area (Å²) in [6, 6.07) is 0. The molecule has 1 rings (SSSR count). The van der Waals surface area contributed by atoms with Crippen LogP contribution in [-0.2, 0) is 19.1 Å². The molecule has 0 spiro atoms. The molecule has 0 aromatic rings. The molecule has 2 atom stereocenters.